The van der Waals surface area contributed by atoms with Crippen molar-refractivity contribution in [2.24, 2.45) is 16.6 Å². The van der Waals surface area contributed by atoms with Gasteiger partial charge in [-0.2, -0.15) is 0 Å². The summed E-state index contributed by atoms with van der Waals surface area (Å²) in [5, 5.41) is 3.75. The van der Waals surface area contributed by atoms with Crippen molar-refractivity contribution in [2.75, 3.05) is 0 Å². The van der Waals surface area contributed by atoms with E-state index in [-0.39, 0.29) is 11.8 Å². The Morgan fingerprint density at radius 1 is 1.36 bits per heavy atom. The van der Waals surface area contributed by atoms with Crippen LogP contribution >= 0.6 is 23.2 Å². The van der Waals surface area contributed by atoms with Crippen LogP contribution < -0.4 is 11.1 Å². The Hall–Kier alpha value is -1.78. The predicted octanol–water partition coefficient (Wildman–Crippen LogP) is 4.79. The summed E-state index contributed by atoms with van der Waals surface area (Å²) in [7, 11) is 0. The maximum absolute atomic E-state index is 12.8. The predicted molar refractivity (Wildman–Crippen MR) is 105 cm³/mol. The van der Waals surface area contributed by atoms with Crippen molar-refractivity contribution in [1.82, 2.24) is 5.32 Å². The summed E-state index contributed by atoms with van der Waals surface area (Å²) in [6.07, 6.45) is 9.76. The Labute approximate surface area is 158 Å². The number of halogens is 2. The second kappa shape index (κ2) is 9.64. The van der Waals surface area contributed by atoms with Gasteiger partial charge in [0.2, 0.25) is 5.91 Å². The molecule has 0 bridgehead atoms. The molecule has 0 radical (unpaired) electrons. The Morgan fingerprint density at radius 3 is 2.72 bits per heavy atom. The van der Waals surface area contributed by atoms with Gasteiger partial charge in [0.05, 0.1) is 21.7 Å². The van der Waals surface area contributed by atoms with Gasteiger partial charge in [0.1, 0.15) is 0 Å². The number of hydrogen-bond acceptors (Lipinski definition) is 3. The third-order valence-corrected chi connectivity index (χ3v) is 5.13. The number of carbonyl (C=O) groups excluding carboxylic acids is 1. The van der Waals surface area contributed by atoms with Gasteiger partial charge in [-0.3, -0.25) is 9.79 Å². The molecule has 0 heterocycles. The van der Waals surface area contributed by atoms with E-state index in [4.69, 9.17) is 28.9 Å². The van der Waals surface area contributed by atoms with Gasteiger partial charge in [-0.05, 0) is 30.0 Å². The van der Waals surface area contributed by atoms with Crippen LogP contribution in [0.15, 0.2) is 47.9 Å². The summed E-state index contributed by atoms with van der Waals surface area (Å²) in [5.41, 5.74) is 6.51. The number of nitrogens with one attached hydrogen (secondary N) is 1. The van der Waals surface area contributed by atoms with Gasteiger partial charge in [-0.25, -0.2) is 0 Å². The molecule has 6 heteroatoms. The Kier molecular flexibility index (Phi) is 7.53. The van der Waals surface area contributed by atoms with Crippen molar-refractivity contribution >= 4 is 35.3 Å². The molecular formula is C19H23Cl2N3O. The van der Waals surface area contributed by atoms with Crippen LogP contribution in [0.3, 0.4) is 0 Å². The Bertz CT molecular complexity index is 679. The molecule has 4 nitrogen and oxygen atoms in total. The number of amides is 1. The SMILES string of the molecule is C=C(C=N/C=C\N)NC(=O)C(CC1CCCC1)c1ccc(Cl)c(Cl)c1. The van der Waals surface area contributed by atoms with Gasteiger partial charge in [0, 0.05) is 18.6 Å². The number of rotatable bonds is 7. The third-order valence-electron chi connectivity index (χ3n) is 4.39. The van der Waals surface area contributed by atoms with Gasteiger partial charge < -0.3 is 11.1 Å². The van der Waals surface area contributed by atoms with E-state index < -0.39 is 0 Å². The van der Waals surface area contributed by atoms with Crippen molar-refractivity contribution < 1.29 is 4.79 Å². The quantitative estimate of drug-likeness (QED) is 0.668. The summed E-state index contributed by atoms with van der Waals surface area (Å²) >= 11 is 12.2. The lowest BCUT2D eigenvalue weighted by molar-refractivity contribution is -0.122. The molecule has 1 saturated carbocycles. The lowest BCUT2D eigenvalue weighted by Crippen LogP contribution is -2.30. The molecule has 0 aliphatic heterocycles. The zero-order valence-electron chi connectivity index (χ0n) is 14.1. The van der Waals surface area contributed by atoms with Gasteiger partial charge in [0.15, 0.2) is 0 Å². The fourth-order valence-corrected chi connectivity index (χ4v) is 3.47. The minimum absolute atomic E-state index is 0.113. The second-order valence-electron chi connectivity index (χ2n) is 6.25. The van der Waals surface area contributed by atoms with E-state index in [1.165, 1.54) is 31.5 Å². The number of benzene rings is 1. The van der Waals surface area contributed by atoms with Crippen LogP contribution in [0.25, 0.3) is 0 Å². The third kappa shape index (κ3) is 5.91. The first kappa shape index (κ1) is 19.5. The molecule has 3 N–H and O–H groups in total. The van der Waals surface area contributed by atoms with E-state index in [1.807, 2.05) is 6.07 Å². The standard InChI is InChI=1S/C19H23Cl2N3O/c1-13(12-23-9-8-22)24-19(25)16(10-14-4-2-3-5-14)15-6-7-17(20)18(21)11-15/h6-9,11-12,14,16H,1-5,10,22H2,(H,24,25)/b9-8-,23-12?. The molecule has 1 unspecified atom stereocenters. The fourth-order valence-electron chi connectivity index (χ4n) is 3.16. The van der Waals surface area contributed by atoms with Gasteiger partial charge >= 0.3 is 0 Å². The van der Waals surface area contributed by atoms with Gasteiger partial charge in [-0.15, -0.1) is 0 Å². The topological polar surface area (TPSA) is 67.5 Å². The van der Waals surface area contributed by atoms with Crippen molar-refractivity contribution in [3.05, 3.63) is 58.5 Å². The fraction of sp³-hybridized carbons (Fsp3) is 0.368. The van der Waals surface area contributed by atoms with E-state index >= 15 is 0 Å². The molecule has 1 fully saturated rings. The van der Waals surface area contributed by atoms with E-state index in [0.717, 1.165) is 24.8 Å². The van der Waals surface area contributed by atoms with E-state index in [2.05, 4.69) is 16.9 Å². The average molecular weight is 380 g/mol. The van der Waals surface area contributed by atoms with Crippen molar-refractivity contribution in [3.63, 3.8) is 0 Å². The zero-order valence-corrected chi connectivity index (χ0v) is 15.6. The van der Waals surface area contributed by atoms with Crippen LogP contribution in [0.1, 0.15) is 43.6 Å². The van der Waals surface area contributed by atoms with E-state index in [9.17, 15) is 4.79 Å². The van der Waals surface area contributed by atoms with Crippen LogP contribution in [-0.2, 0) is 4.79 Å². The van der Waals surface area contributed by atoms with Crippen LogP contribution in [0.2, 0.25) is 10.0 Å². The Morgan fingerprint density at radius 2 is 2.08 bits per heavy atom. The minimum atomic E-state index is -0.298. The molecule has 1 aliphatic carbocycles. The molecule has 1 aliphatic rings. The molecule has 0 spiro atoms. The highest BCUT2D eigenvalue weighted by molar-refractivity contribution is 6.42. The van der Waals surface area contributed by atoms with E-state index in [0.29, 0.717) is 21.7 Å². The number of carbonyl (C=O) groups is 1. The summed E-state index contributed by atoms with van der Waals surface area (Å²) in [5.74, 6) is 0.138. The first-order valence-corrected chi connectivity index (χ1v) is 9.11. The molecule has 0 saturated heterocycles. The molecule has 134 valence electrons. The molecule has 1 aromatic carbocycles. The van der Waals surface area contributed by atoms with Crippen LogP contribution in [0.4, 0.5) is 0 Å². The summed E-state index contributed by atoms with van der Waals surface area (Å²) in [6.45, 7) is 3.80. The molecule has 1 aromatic rings. The molecular weight excluding hydrogens is 357 g/mol. The van der Waals surface area contributed by atoms with Crippen LogP contribution in [0.5, 0.6) is 0 Å². The number of allylic oxidation sites excluding steroid dienone is 1. The van der Waals surface area contributed by atoms with Crippen LogP contribution in [-0.4, -0.2) is 12.1 Å². The summed E-state index contributed by atoms with van der Waals surface area (Å²) < 4.78 is 0. The largest absolute Gasteiger partial charge is 0.403 e. The molecule has 1 atom stereocenters. The first-order valence-electron chi connectivity index (χ1n) is 8.36. The summed E-state index contributed by atoms with van der Waals surface area (Å²) in [4.78, 5) is 16.7. The smallest absolute Gasteiger partial charge is 0.231 e. The maximum Gasteiger partial charge on any atom is 0.231 e. The van der Waals surface area contributed by atoms with Crippen LogP contribution in [0, 0.1) is 5.92 Å². The summed E-state index contributed by atoms with van der Waals surface area (Å²) in [6, 6.07) is 5.37. The second-order valence-corrected chi connectivity index (χ2v) is 7.06. The number of nitrogens with zero attached hydrogens (tertiary/aromatic N) is 1. The monoisotopic (exact) mass is 379 g/mol. The minimum Gasteiger partial charge on any atom is -0.403 e. The van der Waals surface area contributed by atoms with Crippen molar-refractivity contribution in [1.29, 1.82) is 0 Å². The number of hydrogen-bond donors (Lipinski definition) is 2. The normalized spacial score (nSPS) is 16.6. The van der Waals surface area contributed by atoms with Crippen molar-refractivity contribution in [3.8, 4) is 0 Å². The van der Waals surface area contributed by atoms with Crippen molar-refractivity contribution in [2.45, 2.75) is 38.0 Å². The first-order chi connectivity index (χ1) is 12.0. The maximum atomic E-state index is 12.8. The molecule has 2 rings (SSSR count). The lowest BCUT2D eigenvalue weighted by Gasteiger charge is -2.21. The van der Waals surface area contributed by atoms with Gasteiger partial charge in [0.25, 0.3) is 0 Å². The Balaban J connectivity index is 2.16. The van der Waals surface area contributed by atoms with Gasteiger partial charge in [-0.1, -0.05) is 61.5 Å². The number of aliphatic imine (C=N–C) groups is 1. The highest BCUT2D eigenvalue weighted by Crippen LogP contribution is 2.36. The molecule has 25 heavy (non-hydrogen) atoms. The highest BCUT2D eigenvalue weighted by atomic mass is 35.5. The van der Waals surface area contributed by atoms with E-state index in [1.54, 1.807) is 12.1 Å². The lowest BCUT2D eigenvalue weighted by atomic mass is 9.87. The highest BCUT2D eigenvalue weighted by Gasteiger charge is 2.27. The zero-order chi connectivity index (χ0) is 18.2. The molecule has 0 aromatic heterocycles. The molecule has 1 amide bonds. The average Bonchev–Trinajstić information content (AvgIpc) is 3.08. The number of nitrogens with two attached hydrogens (primary N) is 1.